The predicted molar refractivity (Wildman–Crippen MR) is 102 cm³/mol. The molecular formula is C22H23N3O. The Kier molecular flexibility index (Phi) is 4.82. The molecule has 4 nitrogen and oxygen atoms in total. The Bertz CT molecular complexity index is 858. The number of H-pyrrole nitrogens is 1. The van der Waals surface area contributed by atoms with Crippen molar-refractivity contribution in [2.45, 2.75) is 31.7 Å². The van der Waals surface area contributed by atoms with Gasteiger partial charge >= 0.3 is 0 Å². The molecule has 1 aliphatic heterocycles. The van der Waals surface area contributed by atoms with Crippen LogP contribution in [-0.4, -0.2) is 27.3 Å². The van der Waals surface area contributed by atoms with E-state index >= 15 is 0 Å². The number of carbonyl (C=O) groups is 1. The van der Waals surface area contributed by atoms with Crippen molar-refractivity contribution in [3.8, 4) is 0 Å². The highest BCUT2D eigenvalue weighted by atomic mass is 16.2. The molecule has 0 spiro atoms. The molecule has 1 amide bonds. The van der Waals surface area contributed by atoms with Gasteiger partial charge in [-0.15, -0.1) is 0 Å². The second-order valence-corrected chi connectivity index (χ2v) is 6.82. The quantitative estimate of drug-likeness (QED) is 0.766. The van der Waals surface area contributed by atoms with Gasteiger partial charge in [0.1, 0.15) is 0 Å². The summed E-state index contributed by atoms with van der Waals surface area (Å²) in [6, 6.07) is 19.1. The first-order valence-electron chi connectivity index (χ1n) is 9.20. The Morgan fingerprint density at radius 2 is 1.92 bits per heavy atom. The smallest absolute Gasteiger partial charge is 0.223 e. The van der Waals surface area contributed by atoms with Crippen LogP contribution >= 0.6 is 0 Å². The number of hydrogen-bond donors (Lipinski definition) is 1. The van der Waals surface area contributed by atoms with E-state index < -0.39 is 0 Å². The van der Waals surface area contributed by atoms with Gasteiger partial charge in [-0.2, -0.15) is 0 Å². The largest absolute Gasteiger partial charge is 0.348 e. The number of nitrogens with zero attached hydrogens (tertiary/aromatic N) is 2. The van der Waals surface area contributed by atoms with E-state index in [1.54, 1.807) is 12.5 Å². The SMILES string of the molecule is O=C(CCc1cnc[nH]1)N1CCc2ccccc2[C@@H]1Cc1ccccc1. The van der Waals surface area contributed by atoms with Gasteiger partial charge in [-0.3, -0.25) is 4.79 Å². The number of nitrogens with one attached hydrogen (secondary N) is 1. The summed E-state index contributed by atoms with van der Waals surface area (Å²) in [6.45, 7) is 0.788. The summed E-state index contributed by atoms with van der Waals surface area (Å²) < 4.78 is 0. The van der Waals surface area contributed by atoms with E-state index in [9.17, 15) is 4.79 Å². The van der Waals surface area contributed by atoms with E-state index in [1.165, 1.54) is 16.7 Å². The normalized spacial score (nSPS) is 16.3. The number of hydrogen-bond acceptors (Lipinski definition) is 2. The fourth-order valence-electron chi connectivity index (χ4n) is 3.81. The Morgan fingerprint density at radius 1 is 1.12 bits per heavy atom. The zero-order valence-electron chi connectivity index (χ0n) is 14.8. The van der Waals surface area contributed by atoms with Crippen LogP contribution in [-0.2, 0) is 24.1 Å². The van der Waals surface area contributed by atoms with Crippen LogP contribution in [0.2, 0.25) is 0 Å². The van der Waals surface area contributed by atoms with Gasteiger partial charge in [0.2, 0.25) is 5.91 Å². The molecule has 3 aromatic rings. The molecule has 1 atom stereocenters. The molecular weight excluding hydrogens is 322 g/mol. The summed E-state index contributed by atoms with van der Waals surface area (Å²) in [7, 11) is 0. The van der Waals surface area contributed by atoms with Gasteiger partial charge in [0, 0.05) is 24.9 Å². The number of aryl methyl sites for hydroxylation is 1. The summed E-state index contributed by atoms with van der Waals surface area (Å²) in [5.74, 6) is 0.218. The van der Waals surface area contributed by atoms with Crippen LogP contribution in [0, 0.1) is 0 Å². The van der Waals surface area contributed by atoms with Crippen molar-refractivity contribution in [3.05, 3.63) is 89.5 Å². The maximum absolute atomic E-state index is 13.0. The minimum Gasteiger partial charge on any atom is -0.348 e. The zero-order chi connectivity index (χ0) is 17.8. The average molecular weight is 345 g/mol. The minimum atomic E-state index is 0.108. The molecule has 4 heteroatoms. The maximum atomic E-state index is 13.0. The van der Waals surface area contributed by atoms with Crippen LogP contribution in [0.3, 0.4) is 0 Å². The van der Waals surface area contributed by atoms with Crippen molar-refractivity contribution < 1.29 is 4.79 Å². The van der Waals surface area contributed by atoms with E-state index in [0.717, 1.165) is 25.1 Å². The molecule has 132 valence electrons. The molecule has 26 heavy (non-hydrogen) atoms. The van der Waals surface area contributed by atoms with E-state index in [4.69, 9.17) is 0 Å². The molecule has 0 saturated heterocycles. The summed E-state index contributed by atoms with van der Waals surface area (Å²) in [4.78, 5) is 22.2. The van der Waals surface area contributed by atoms with Gasteiger partial charge in [0.15, 0.2) is 0 Å². The third-order valence-electron chi connectivity index (χ3n) is 5.17. The molecule has 0 bridgehead atoms. The Labute approximate surface area is 153 Å². The van der Waals surface area contributed by atoms with Crippen LogP contribution in [0.5, 0.6) is 0 Å². The highest BCUT2D eigenvalue weighted by Crippen LogP contribution is 2.33. The van der Waals surface area contributed by atoms with Crippen molar-refractivity contribution in [2.24, 2.45) is 0 Å². The third kappa shape index (κ3) is 3.54. The molecule has 0 radical (unpaired) electrons. The van der Waals surface area contributed by atoms with Gasteiger partial charge in [-0.1, -0.05) is 54.6 Å². The van der Waals surface area contributed by atoms with Gasteiger partial charge in [-0.05, 0) is 36.0 Å². The summed E-state index contributed by atoms with van der Waals surface area (Å²) >= 11 is 0. The Balaban J connectivity index is 1.56. The molecule has 2 heterocycles. The van der Waals surface area contributed by atoms with E-state index in [1.807, 2.05) is 6.07 Å². The van der Waals surface area contributed by atoms with Crippen LogP contribution in [0.25, 0.3) is 0 Å². The topological polar surface area (TPSA) is 49.0 Å². The van der Waals surface area contributed by atoms with Crippen LogP contribution in [0.15, 0.2) is 67.1 Å². The van der Waals surface area contributed by atoms with Crippen molar-refractivity contribution in [2.75, 3.05) is 6.54 Å². The van der Waals surface area contributed by atoms with Gasteiger partial charge in [-0.25, -0.2) is 4.98 Å². The number of aromatic nitrogens is 2. The first-order valence-corrected chi connectivity index (χ1v) is 9.20. The summed E-state index contributed by atoms with van der Waals surface area (Å²) in [5, 5.41) is 0. The van der Waals surface area contributed by atoms with Crippen molar-refractivity contribution >= 4 is 5.91 Å². The van der Waals surface area contributed by atoms with E-state index in [-0.39, 0.29) is 11.9 Å². The number of benzene rings is 2. The lowest BCUT2D eigenvalue weighted by molar-refractivity contribution is -0.134. The van der Waals surface area contributed by atoms with Gasteiger partial charge in [0.25, 0.3) is 0 Å². The molecule has 1 aromatic heterocycles. The fraction of sp³-hybridized carbons (Fsp3) is 0.273. The highest BCUT2D eigenvalue weighted by molar-refractivity contribution is 5.77. The Morgan fingerprint density at radius 3 is 2.73 bits per heavy atom. The lowest BCUT2D eigenvalue weighted by Crippen LogP contribution is -2.41. The lowest BCUT2D eigenvalue weighted by atomic mass is 9.88. The number of aromatic amines is 1. The predicted octanol–water partition coefficient (Wildman–Crippen LogP) is 3.71. The Hall–Kier alpha value is -2.88. The summed E-state index contributed by atoms with van der Waals surface area (Å²) in [6.07, 6.45) is 6.45. The fourth-order valence-corrected chi connectivity index (χ4v) is 3.81. The van der Waals surface area contributed by atoms with Crippen molar-refractivity contribution in [1.82, 2.24) is 14.9 Å². The zero-order valence-corrected chi connectivity index (χ0v) is 14.8. The summed E-state index contributed by atoms with van der Waals surface area (Å²) in [5.41, 5.74) is 4.93. The highest BCUT2D eigenvalue weighted by Gasteiger charge is 2.30. The molecule has 4 rings (SSSR count). The molecule has 0 unspecified atom stereocenters. The average Bonchev–Trinajstić information content (AvgIpc) is 3.21. The first-order chi connectivity index (χ1) is 12.8. The standard InChI is InChI=1S/C22H23N3O/c26-22(11-10-19-15-23-16-24-19)25-13-12-18-8-4-5-9-20(18)21(25)14-17-6-2-1-3-7-17/h1-9,15-16,21H,10-14H2,(H,23,24)/t21-/m0/s1. The third-order valence-corrected chi connectivity index (χ3v) is 5.17. The van der Waals surface area contributed by atoms with Crippen LogP contribution in [0.1, 0.15) is 34.8 Å². The van der Waals surface area contributed by atoms with Crippen molar-refractivity contribution in [3.63, 3.8) is 0 Å². The molecule has 1 N–H and O–H groups in total. The molecule has 0 saturated carbocycles. The monoisotopic (exact) mass is 345 g/mol. The first kappa shape index (κ1) is 16.6. The maximum Gasteiger partial charge on any atom is 0.223 e. The number of imidazole rings is 1. The molecule has 0 aliphatic carbocycles. The molecule has 0 fully saturated rings. The van der Waals surface area contributed by atoms with Crippen LogP contribution in [0.4, 0.5) is 0 Å². The van der Waals surface area contributed by atoms with Gasteiger partial charge in [0.05, 0.1) is 12.4 Å². The number of carbonyl (C=O) groups excluding carboxylic acids is 1. The van der Waals surface area contributed by atoms with Crippen molar-refractivity contribution in [1.29, 1.82) is 0 Å². The molecule has 2 aromatic carbocycles. The van der Waals surface area contributed by atoms with E-state index in [2.05, 4.69) is 63.4 Å². The lowest BCUT2D eigenvalue weighted by Gasteiger charge is -2.38. The minimum absolute atomic E-state index is 0.108. The van der Waals surface area contributed by atoms with E-state index in [0.29, 0.717) is 12.8 Å². The number of amides is 1. The number of fused-ring (bicyclic) bond motifs is 1. The van der Waals surface area contributed by atoms with Gasteiger partial charge < -0.3 is 9.88 Å². The second kappa shape index (κ2) is 7.56. The van der Waals surface area contributed by atoms with Crippen LogP contribution < -0.4 is 0 Å². The molecule has 1 aliphatic rings. The second-order valence-electron chi connectivity index (χ2n) is 6.82. The number of rotatable bonds is 5.